The quantitative estimate of drug-likeness (QED) is 0.548. The van der Waals surface area contributed by atoms with Gasteiger partial charge < -0.3 is 10.2 Å². The van der Waals surface area contributed by atoms with Crippen molar-refractivity contribution in [3.8, 4) is 0 Å². The fourth-order valence-electron chi connectivity index (χ4n) is 2.48. The summed E-state index contributed by atoms with van der Waals surface area (Å²) in [5.74, 6) is 7.47. The van der Waals surface area contributed by atoms with Crippen molar-refractivity contribution in [2.45, 2.75) is 26.2 Å². The highest BCUT2D eigenvalue weighted by atomic mass is 15.3. The predicted octanol–water partition coefficient (Wildman–Crippen LogP) is 1.21. The van der Waals surface area contributed by atoms with Crippen molar-refractivity contribution in [1.29, 1.82) is 0 Å². The number of rotatable bonds is 5. The zero-order valence-corrected chi connectivity index (χ0v) is 11.8. The summed E-state index contributed by atoms with van der Waals surface area (Å²) in [6, 6.07) is 1.94. The number of nitrogens with one attached hydrogen (secondary N) is 2. The fraction of sp³-hybridized carbons (Fsp3) is 0.692. The molecule has 6 nitrogen and oxygen atoms in total. The number of likely N-dealkylation sites (tertiary alicyclic amines) is 1. The fourth-order valence-corrected chi connectivity index (χ4v) is 2.48. The molecule has 2 heterocycles. The first-order chi connectivity index (χ1) is 9.17. The topological polar surface area (TPSA) is 79.1 Å². The van der Waals surface area contributed by atoms with Gasteiger partial charge in [0.2, 0.25) is 5.95 Å². The van der Waals surface area contributed by atoms with Gasteiger partial charge in [0.15, 0.2) is 0 Å². The summed E-state index contributed by atoms with van der Waals surface area (Å²) in [4.78, 5) is 10.8. The molecule has 1 fully saturated rings. The SMILES string of the molecule is Cc1cc(NCCC2CCN(C)CC2)nc(NN)n1. The number of hydrogen-bond acceptors (Lipinski definition) is 6. The van der Waals surface area contributed by atoms with Gasteiger partial charge in [-0.2, -0.15) is 4.98 Å². The standard InChI is InChI=1S/C13H24N6/c1-10-9-12(17-13(16-10)18-14)15-6-3-11-4-7-19(2)8-5-11/h9,11H,3-8,14H2,1-2H3,(H2,15,16,17,18). The second kappa shape index (κ2) is 6.68. The van der Waals surface area contributed by atoms with E-state index in [2.05, 4.69) is 32.7 Å². The van der Waals surface area contributed by atoms with E-state index < -0.39 is 0 Å². The van der Waals surface area contributed by atoms with E-state index in [9.17, 15) is 0 Å². The lowest BCUT2D eigenvalue weighted by Gasteiger charge is -2.28. The molecule has 6 heteroatoms. The van der Waals surface area contributed by atoms with E-state index in [-0.39, 0.29) is 0 Å². The first-order valence-electron chi connectivity index (χ1n) is 6.92. The van der Waals surface area contributed by atoms with E-state index in [1.807, 2.05) is 13.0 Å². The van der Waals surface area contributed by atoms with Gasteiger partial charge in [0.25, 0.3) is 0 Å². The van der Waals surface area contributed by atoms with Gasteiger partial charge in [0.1, 0.15) is 5.82 Å². The highest BCUT2D eigenvalue weighted by Crippen LogP contribution is 2.19. The second-order valence-electron chi connectivity index (χ2n) is 5.32. The number of nitrogen functional groups attached to an aromatic ring is 1. The van der Waals surface area contributed by atoms with Crippen LogP contribution in [-0.2, 0) is 0 Å². The molecule has 0 bridgehead atoms. The maximum atomic E-state index is 5.34. The second-order valence-corrected chi connectivity index (χ2v) is 5.32. The summed E-state index contributed by atoms with van der Waals surface area (Å²) >= 11 is 0. The molecule has 1 aromatic rings. The van der Waals surface area contributed by atoms with Gasteiger partial charge in [-0.1, -0.05) is 0 Å². The third-order valence-corrected chi connectivity index (χ3v) is 3.68. The third-order valence-electron chi connectivity index (χ3n) is 3.68. The van der Waals surface area contributed by atoms with Crippen molar-refractivity contribution in [3.05, 3.63) is 11.8 Å². The first-order valence-corrected chi connectivity index (χ1v) is 6.92. The lowest BCUT2D eigenvalue weighted by Crippen LogP contribution is -2.30. The van der Waals surface area contributed by atoms with Gasteiger partial charge in [-0.05, 0) is 52.2 Å². The van der Waals surface area contributed by atoms with E-state index in [0.29, 0.717) is 5.95 Å². The van der Waals surface area contributed by atoms with E-state index in [1.54, 1.807) is 0 Å². The van der Waals surface area contributed by atoms with Crippen LogP contribution in [0.15, 0.2) is 6.07 Å². The average molecular weight is 264 g/mol. The summed E-state index contributed by atoms with van der Waals surface area (Å²) in [6.07, 6.45) is 3.80. The van der Waals surface area contributed by atoms with Crippen molar-refractivity contribution >= 4 is 11.8 Å². The molecule has 1 aliphatic rings. The Balaban J connectivity index is 1.77. The van der Waals surface area contributed by atoms with Crippen LogP contribution < -0.4 is 16.6 Å². The molecule has 2 rings (SSSR count). The van der Waals surface area contributed by atoms with Crippen LogP contribution in [0, 0.1) is 12.8 Å². The van der Waals surface area contributed by atoms with Crippen molar-refractivity contribution < 1.29 is 0 Å². The number of hydrazine groups is 1. The molecule has 0 radical (unpaired) electrons. The highest BCUT2D eigenvalue weighted by Gasteiger charge is 2.16. The maximum absolute atomic E-state index is 5.34. The zero-order chi connectivity index (χ0) is 13.7. The number of nitrogens with two attached hydrogens (primary N) is 1. The molecular weight excluding hydrogens is 240 g/mol. The Morgan fingerprint density at radius 1 is 1.37 bits per heavy atom. The Kier molecular flexibility index (Phi) is 4.93. The molecule has 4 N–H and O–H groups in total. The van der Waals surface area contributed by atoms with Gasteiger partial charge in [0, 0.05) is 18.3 Å². The molecule has 1 aromatic heterocycles. The molecule has 19 heavy (non-hydrogen) atoms. The Morgan fingerprint density at radius 3 is 2.79 bits per heavy atom. The molecule has 1 saturated heterocycles. The molecule has 106 valence electrons. The molecule has 0 unspecified atom stereocenters. The van der Waals surface area contributed by atoms with Gasteiger partial charge in [-0.15, -0.1) is 0 Å². The molecule has 1 aliphatic heterocycles. The van der Waals surface area contributed by atoms with Gasteiger partial charge in [-0.25, -0.2) is 10.8 Å². The molecule has 0 spiro atoms. The van der Waals surface area contributed by atoms with Crippen molar-refractivity contribution in [1.82, 2.24) is 14.9 Å². The van der Waals surface area contributed by atoms with Crippen molar-refractivity contribution in [2.24, 2.45) is 11.8 Å². The Morgan fingerprint density at radius 2 is 2.11 bits per heavy atom. The number of nitrogens with zero attached hydrogens (tertiary/aromatic N) is 3. The highest BCUT2D eigenvalue weighted by molar-refractivity contribution is 5.41. The van der Waals surface area contributed by atoms with Crippen LogP contribution in [0.25, 0.3) is 0 Å². The normalized spacial score (nSPS) is 17.4. The molecule has 0 saturated carbocycles. The maximum Gasteiger partial charge on any atom is 0.239 e. The minimum Gasteiger partial charge on any atom is -0.370 e. The van der Waals surface area contributed by atoms with Crippen LogP contribution in [0.5, 0.6) is 0 Å². The largest absolute Gasteiger partial charge is 0.370 e. The van der Waals surface area contributed by atoms with E-state index in [1.165, 1.54) is 32.4 Å². The monoisotopic (exact) mass is 264 g/mol. The number of aryl methyl sites for hydroxylation is 1. The molecule has 0 aromatic carbocycles. The predicted molar refractivity (Wildman–Crippen MR) is 77.9 cm³/mol. The van der Waals surface area contributed by atoms with Crippen LogP contribution in [0.1, 0.15) is 25.0 Å². The van der Waals surface area contributed by atoms with E-state index in [0.717, 1.165) is 24.0 Å². The molecule has 0 aliphatic carbocycles. The lowest BCUT2D eigenvalue weighted by atomic mass is 9.94. The Bertz CT molecular complexity index is 400. The van der Waals surface area contributed by atoms with Gasteiger partial charge in [0.05, 0.1) is 0 Å². The molecule has 0 atom stereocenters. The minimum atomic E-state index is 0.460. The van der Waals surface area contributed by atoms with Crippen LogP contribution in [0.2, 0.25) is 0 Å². The number of anilines is 2. The summed E-state index contributed by atoms with van der Waals surface area (Å²) in [6.45, 7) is 5.33. The Labute approximate surface area is 114 Å². The zero-order valence-electron chi connectivity index (χ0n) is 11.8. The van der Waals surface area contributed by atoms with Gasteiger partial charge in [-0.3, -0.25) is 5.43 Å². The van der Waals surface area contributed by atoms with Crippen LogP contribution >= 0.6 is 0 Å². The summed E-state index contributed by atoms with van der Waals surface area (Å²) in [5, 5.41) is 3.36. The average Bonchev–Trinajstić information content (AvgIpc) is 2.40. The van der Waals surface area contributed by atoms with Crippen LogP contribution in [0.4, 0.5) is 11.8 Å². The smallest absolute Gasteiger partial charge is 0.239 e. The van der Waals surface area contributed by atoms with Crippen molar-refractivity contribution in [2.75, 3.05) is 37.4 Å². The lowest BCUT2D eigenvalue weighted by molar-refractivity contribution is 0.215. The Hall–Kier alpha value is -1.40. The molecular formula is C13H24N6. The van der Waals surface area contributed by atoms with Crippen molar-refractivity contribution in [3.63, 3.8) is 0 Å². The van der Waals surface area contributed by atoms with E-state index >= 15 is 0 Å². The number of hydrogen-bond donors (Lipinski definition) is 3. The summed E-state index contributed by atoms with van der Waals surface area (Å²) < 4.78 is 0. The minimum absolute atomic E-state index is 0.460. The number of aromatic nitrogens is 2. The summed E-state index contributed by atoms with van der Waals surface area (Å²) in [5.41, 5.74) is 3.39. The van der Waals surface area contributed by atoms with Crippen LogP contribution in [-0.4, -0.2) is 41.5 Å². The third kappa shape index (κ3) is 4.33. The van der Waals surface area contributed by atoms with Crippen LogP contribution in [0.3, 0.4) is 0 Å². The first kappa shape index (κ1) is 14.0. The number of piperidine rings is 1. The summed E-state index contributed by atoms with van der Waals surface area (Å²) in [7, 11) is 2.19. The van der Waals surface area contributed by atoms with E-state index in [4.69, 9.17) is 5.84 Å². The van der Waals surface area contributed by atoms with Gasteiger partial charge >= 0.3 is 0 Å². The molecule has 0 amide bonds.